The first-order valence-electron chi connectivity index (χ1n) is 6.43. The van der Waals surface area contributed by atoms with E-state index in [9.17, 15) is 9.50 Å². The maximum atomic E-state index is 13.5. The lowest BCUT2D eigenvalue weighted by Gasteiger charge is -2.07. The average Bonchev–Trinajstić information content (AvgIpc) is 2.46. The molecule has 0 aromatic heterocycles. The van der Waals surface area contributed by atoms with Gasteiger partial charge in [-0.3, -0.25) is 0 Å². The number of alkyl halides is 1. The number of ether oxygens (including phenoxy) is 1. The van der Waals surface area contributed by atoms with E-state index in [1.165, 1.54) is 12.1 Å². The number of phenols is 1. The van der Waals surface area contributed by atoms with Crippen LogP contribution in [0.25, 0.3) is 0 Å². The highest BCUT2D eigenvalue weighted by Crippen LogP contribution is 2.18. The summed E-state index contributed by atoms with van der Waals surface area (Å²) in [6.07, 6.45) is 0.557. The molecule has 0 amide bonds. The predicted molar refractivity (Wildman–Crippen MR) is 81.1 cm³/mol. The maximum Gasteiger partial charge on any atom is 0.128 e. The molecule has 0 heterocycles. The first-order valence-corrected chi connectivity index (χ1v) is 6.97. The van der Waals surface area contributed by atoms with Gasteiger partial charge in [-0.05, 0) is 29.8 Å². The molecule has 0 aliphatic rings. The first kappa shape index (κ1) is 15.2. The Labute approximate surface area is 128 Å². The second-order valence-electron chi connectivity index (χ2n) is 4.37. The van der Waals surface area contributed by atoms with Gasteiger partial charge in [-0.25, -0.2) is 4.39 Å². The number of hydrogen-bond acceptors (Lipinski definition) is 2. The molecule has 2 aromatic rings. The van der Waals surface area contributed by atoms with E-state index in [0.717, 1.165) is 5.56 Å². The molecule has 0 saturated carbocycles. The zero-order valence-corrected chi connectivity index (χ0v) is 12.0. The van der Waals surface area contributed by atoms with Gasteiger partial charge >= 0.3 is 0 Å². The number of hydrogen-bond donors (Lipinski definition) is 1. The van der Waals surface area contributed by atoms with Crippen LogP contribution in [0.4, 0.5) is 4.39 Å². The van der Waals surface area contributed by atoms with Crippen molar-refractivity contribution in [1.82, 2.24) is 0 Å². The van der Waals surface area contributed by atoms with E-state index in [1.807, 2.05) is 0 Å². The average molecular weight is 305 g/mol. The molecule has 0 fully saturated rings. The van der Waals surface area contributed by atoms with Gasteiger partial charge in [0.2, 0.25) is 0 Å². The van der Waals surface area contributed by atoms with Gasteiger partial charge in [0.1, 0.15) is 23.9 Å². The molecule has 0 unspecified atom stereocenters. The first-order chi connectivity index (χ1) is 10.2. The summed E-state index contributed by atoms with van der Waals surface area (Å²) in [5.74, 6) is 6.37. The van der Waals surface area contributed by atoms with Crippen molar-refractivity contribution in [3.63, 3.8) is 0 Å². The molecule has 0 atom stereocenters. The highest BCUT2D eigenvalue weighted by Gasteiger charge is 2.01. The van der Waals surface area contributed by atoms with Gasteiger partial charge in [-0.15, -0.1) is 11.6 Å². The third-order valence-electron chi connectivity index (χ3n) is 2.67. The van der Waals surface area contributed by atoms with Crippen LogP contribution in [0, 0.1) is 17.7 Å². The Bertz CT molecular complexity index is 657. The monoisotopic (exact) mass is 304 g/mol. The molecule has 0 aliphatic heterocycles. The maximum absolute atomic E-state index is 13.5. The van der Waals surface area contributed by atoms with Gasteiger partial charge in [0, 0.05) is 23.9 Å². The summed E-state index contributed by atoms with van der Waals surface area (Å²) in [6, 6.07) is 11.0. The Morgan fingerprint density at radius 2 is 1.90 bits per heavy atom. The van der Waals surface area contributed by atoms with Crippen LogP contribution in [-0.4, -0.2) is 11.0 Å². The SMILES string of the molecule is Oc1ccc(COc2cc(F)cc(C#CCCCl)c2)cc1. The van der Waals surface area contributed by atoms with E-state index in [-0.39, 0.29) is 12.4 Å². The predicted octanol–water partition coefficient (Wildman–Crippen LogP) is 4.09. The molecule has 0 bridgehead atoms. The van der Waals surface area contributed by atoms with E-state index < -0.39 is 5.82 Å². The van der Waals surface area contributed by atoms with Crippen molar-refractivity contribution in [1.29, 1.82) is 0 Å². The van der Waals surface area contributed by atoms with Crippen LogP contribution in [-0.2, 0) is 6.61 Å². The molecular formula is C17H14ClFO2. The standard InChI is InChI=1S/C17H14ClFO2/c18-8-2-1-3-14-9-15(19)11-17(10-14)21-12-13-4-6-16(20)7-5-13/h4-7,9-11,20H,2,8,12H2. The summed E-state index contributed by atoms with van der Waals surface area (Å²) < 4.78 is 19.1. The molecule has 0 radical (unpaired) electrons. The number of benzene rings is 2. The van der Waals surface area contributed by atoms with E-state index >= 15 is 0 Å². The molecule has 4 heteroatoms. The largest absolute Gasteiger partial charge is 0.508 e. The molecule has 0 spiro atoms. The molecule has 108 valence electrons. The van der Waals surface area contributed by atoms with Crippen LogP contribution in [0.15, 0.2) is 42.5 Å². The summed E-state index contributed by atoms with van der Waals surface area (Å²) >= 11 is 5.54. The third kappa shape index (κ3) is 5.02. The summed E-state index contributed by atoms with van der Waals surface area (Å²) in [5, 5.41) is 9.20. The van der Waals surface area contributed by atoms with Crippen LogP contribution in [0.1, 0.15) is 17.5 Å². The second-order valence-corrected chi connectivity index (χ2v) is 4.75. The highest BCUT2D eigenvalue weighted by atomic mass is 35.5. The number of rotatable bonds is 4. The van der Waals surface area contributed by atoms with Crippen LogP contribution in [0.3, 0.4) is 0 Å². The Morgan fingerprint density at radius 3 is 2.62 bits per heavy atom. The zero-order chi connectivity index (χ0) is 15.1. The molecule has 1 N–H and O–H groups in total. The van der Waals surface area contributed by atoms with E-state index in [2.05, 4.69) is 11.8 Å². The lowest BCUT2D eigenvalue weighted by Crippen LogP contribution is -1.96. The van der Waals surface area contributed by atoms with Gasteiger partial charge in [-0.1, -0.05) is 24.0 Å². The lowest BCUT2D eigenvalue weighted by atomic mass is 10.2. The Morgan fingerprint density at radius 1 is 1.14 bits per heavy atom. The van der Waals surface area contributed by atoms with Gasteiger partial charge in [0.15, 0.2) is 0 Å². The molecule has 0 saturated heterocycles. The normalized spacial score (nSPS) is 9.81. The number of aromatic hydroxyl groups is 1. The van der Waals surface area contributed by atoms with E-state index in [4.69, 9.17) is 16.3 Å². The quantitative estimate of drug-likeness (QED) is 0.681. The van der Waals surface area contributed by atoms with Crippen molar-refractivity contribution in [2.75, 3.05) is 5.88 Å². The lowest BCUT2D eigenvalue weighted by molar-refractivity contribution is 0.304. The molecule has 2 rings (SSSR count). The van der Waals surface area contributed by atoms with Gasteiger partial charge in [-0.2, -0.15) is 0 Å². The van der Waals surface area contributed by atoms with Crippen molar-refractivity contribution < 1.29 is 14.2 Å². The molecule has 21 heavy (non-hydrogen) atoms. The van der Waals surface area contributed by atoms with Gasteiger partial charge in [0.05, 0.1) is 0 Å². The molecular weight excluding hydrogens is 291 g/mol. The smallest absolute Gasteiger partial charge is 0.128 e. The summed E-state index contributed by atoms with van der Waals surface area (Å²) in [4.78, 5) is 0. The minimum atomic E-state index is -0.395. The van der Waals surface area contributed by atoms with E-state index in [1.54, 1.807) is 30.3 Å². The van der Waals surface area contributed by atoms with Crippen molar-refractivity contribution in [3.05, 3.63) is 59.4 Å². The fraction of sp³-hybridized carbons (Fsp3) is 0.176. The van der Waals surface area contributed by atoms with Crippen LogP contribution < -0.4 is 4.74 Å². The van der Waals surface area contributed by atoms with E-state index in [0.29, 0.717) is 23.6 Å². The van der Waals surface area contributed by atoms with Gasteiger partial charge < -0.3 is 9.84 Å². The molecule has 0 aliphatic carbocycles. The topological polar surface area (TPSA) is 29.5 Å². The Balaban J connectivity index is 2.06. The molecule has 2 aromatic carbocycles. The minimum absolute atomic E-state index is 0.196. The summed E-state index contributed by atoms with van der Waals surface area (Å²) in [6.45, 7) is 0.290. The Kier molecular flexibility index (Phi) is 5.48. The number of phenolic OH excluding ortho intramolecular Hbond substituents is 1. The Hall–Kier alpha value is -2.18. The third-order valence-corrected chi connectivity index (χ3v) is 2.85. The second kappa shape index (κ2) is 7.56. The zero-order valence-electron chi connectivity index (χ0n) is 11.3. The van der Waals surface area contributed by atoms with Gasteiger partial charge in [0.25, 0.3) is 0 Å². The van der Waals surface area contributed by atoms with Crippen molar-refractivity contribution >= 4 is 11.6 Å². The molecule has 2 nitrogen and oxygen atoms in total. The fourth-order valence-corrected chi connectivity index (χ4v) is 1.78. The fourth-order valence-electron chi connectivity index (χ4n) is 1.69. The highest BCUT2D eigenvalue weighted by molar-refractivity contribution is 6.18. The van der Waals surface area contributed by atoms with Crippen molar-refractivity contribution in [3.8, 4) is 23.3 Å². The summed E-state index contributed by atoms with van der Waals surface area (Å²) in [7, 11) is 0. The van der Waals surface area contributed by atoms with Crippen LogP contribution >= 0.6 is 11.6 Å². The van der Waals surface area contributed by atoms with Crippen LogP contribution in [0.5, 0.6) is 11.5 Å². The van der Waals surface area contributed by atoms with Crippen LogP contribution in [0.2, 0.25) is 0 Å². The van der Waals surface area contributed by atoms with Crippen molar-refractivity contribution in [2.45, 2.75) is 13.0 Å². The minimum Gasteiger partial charge on any atom is -0.508 e. The number of halogens is 2. The van der Waals surface area contributed by atoms with Crippen molar-refractivity contribution in [2.24, 2.45) is 0 Å². The summed E-state index contributed by atoms with van der Waals surface area (Å²) in [5.41, 5.74) is 1.44.